The number of anilines is 1. The number of piperidine rings is 1. The highest BCUT2D eigenvalue weighted by Crippen LogP contribution is 2.29. The summed E-state index contributed by atoms with van der Waals surface area (Å²) in [5.74, 6) is 1.14. The largest absolute Gasteiger partial charge is 0.490 e. The van der Waals surface area contributed by atoms with Gasteiger partial charge in [0, 0.05) is 49.9 Å². The van der Waals surface area contributed by atoms with E-state index < -0.39 is 6.43 Å². The maximum Gasteiger partial charge on any atom is 0.290 e. The van der Waals surface area contributed by atoms with E-state index in [0.717, 1.165) is 23.7 Å². The van der Waals surface area contributed by atoms with Gasteiger partial charge in [-0.15, -0.1) is 0 Å². The average Bonchev–Trinajstić information content (AvgIpc) is 3.06. The summed E-state index contributed by atoms with van der Waals surface area (Å²) in [6.45, 7) is 1.02. The topological polar surface area (TPSA) is 63.1 Å². The Kier molecular flexibility index (Phi) is 4.79. The number of aromatic nitrogens is 3. The molecule has 1 aliphatic heterocycles. The van der Waals surface area contributed by atoms with E-state index in [1.165, 1.54) is 6.20 Å². The van der Waals surface area contributed by atoms with Gasteiger partial charge in [-0.3, -0.25) is 4.79 Å². The van der Waals surface area contributed by atoms with Crippen LogP contribution in [0, 0.1) is 0 Å². The first-order valence-electron chi connectivity index (χ1n) is 8.93. The summed E-state index contributed by atoms with van der Waals surface area (Å²) in [6.07, 6.45) is 3.87. The Balaban J connectivity index is 1.46. The fourth-order valence-electron chi connectivity index (χ4n) is 3.54. The molecule has 1 saturated heterocycles. The number of rotatable bonds is 5. The van der Waals surface area contributed by atoms with E-state index in [2.05, 4.69) is 9.97 Å². The molecule has 8 heteroatoms. The Labute approximate surface area is 154 Å². The zero-order valence-electron chi connectivity index (χ0n) is 14.6. The highest BCUT2D eigenvalue weighted by Gasteiger charge is 2.23. The van der Waals surface area contributed by atoms with Crippen LogP contribution in [0.4, 0.5) is 14.6 Å². The monoisotopic (exact) mass is 374 g/mol. The first kappa shape index (κ1) is 17.5. The molecule has 0 amide bonds. The van der Waals surface area contributed by atoms with Crippen LogP contribution in [0.15, 0.2) is 47.7 Å². The second-order valence-electron chi connectivity index (χ2n) is 6.59. The van der Waals surface area contributed by atoms with Crippen molar-refractivity contribution in [2.45, 2.75) is 31.9 Å². The van der Waals surface area contributed by atoms with Crippen LogP contribution in [-0.4, -0.2) is 40.2 Å². The maximum atomic E-state index is 12.7. The van der Waals surface area contributed by atoms with Crippen molar-refractivity contribution >= 4 is 16.7 Å². The minimum atomic E-state index is -2.40. The van der Waals surface area contributed by atoms with Crippen LogP contribution < -0.4 is 15.2 Å². The van der Waals surface area contributed by atoms with Gasteiger partial charge in [0.05, 0.1) is 12.1 Å². The Morgan fingerprint density at radius 3 is 2.81 bits per heavy atom. The Hall–Kier alpha value is -2.90. The molecule has 3 aromatic rings. The molecular formula is C19H20F2N4O2. The van der Waals surface area contributed by atoms with E-state index in [9.17, 15) is 13.6 Å². The molecule has 0 spiro atoms. The second kappa shape index (κ2) is 7.38. The van der Waals surface area contributed by atoms with E-state index in [0.29, 0.717) is 24.7 Å². The maximum absolute atomic E-state index is 12.7. The summed E-state index contributed by atoms with van der Waals surface area (Å²) < 4.78 is 33.1. The van der Waals surface area contributed by atoms with E-state index in [1.54, 1.807) is 17.0 Å². The number of alkyl halides is 2. The van der Waals surface area contributed by atoms with Gasteiger partial charge >= 0.3 is 0 Å². The van der Waals surface area contributed by atoms with Gasteiger partial charge < -0.3 is 19.2 Å². The first-order valence-corrected chi connectivity index (χ1v) is 8.93. The fourth-order valence-corrected chi connectivity index (χ4v) is 3.54. The van der Waals surface area contributed by atoms with Crippen LogP contribution in [0.1, 0.15) is 12.8 Å². The number of hydrogen-bond donors (Lipinski definition) is 1. The smallest absolute Gasteiger partial charge is 0.290 e. The average molecular weight is 374 g/mol. The first-order chi connectivity index (χ1) is 13.1. The molecule has 0 bridgehead atoms. The van der Waals surface area contributed by atoms with Gasteiger partial charge in [-0.2, -0.15) is 0 Å². The zero-order chi connectivity index (χ0) is 18.8. The summed E-state index contributed by atoms with van der Waals surface area (Å²) >= 11 is 0. The lowest BCUT2D eigenvalue weighted by Gasteiger charge is -2.32. The lowest BCUT2D eigenvalue weighted by Crippen LogP contribution is -2.41. The molecule has 142 valence electrons. The molecule has 4 rings (SSSR count). The number of fused-ring (bicyclic) bond motifs is 1. The molecule has 6 nitrogen and oxygen atoms in total. The van der Waals surface area contributed by atoms with Crippen molar-refractivity contribution in [1.82, 2.24) is 14.5 Å². The molecule has 0 aliphatic carbocycles. The fraction of sp³-hybridized carbons (Fsp3) is 0.368. The van der Waals surface area contributed by atoms with E-state index >= 15 is 0 Å². The lowest BCUT2D eigenvalue weighted by molar-refractivity contribution is 0.128. The molecule has 1 fully saturated rings. The summed E-state index contributed by atoms with van der Waals surface area (Å²) in [5.41, 5.74) is 0.548. The van der Waals surface area contributed by atoms with Gasteiger partial charge in [-0.05, 0) is 18.2 Å². The normalized spacial score (nSPS) is 15.6. The number of nitrogens with zero attached hydrogens (tertiary/aromatic N) is 3. The second-order valence-corrected chi connectivity index (χ2v) is 6.59. The van der Waals surface area contributed by atoms with Gasteiger partial charge in [0.2, 0.25) is 0 Å². The molecule has 1 aromatic carbocycles. The number of nitrogens with one attached hydrogen (secondary N) is 1. The number of H-pyrrole nitrogens is 1. The Morgan fingerprint density at radius 1 is 1.26 bits per heavy atom. The Bertz CT molecular complexity index is 977. The number of benzene rings is 1. The van der Waals surface area contributed by atoms with Gasteiger partial charge in [0.1, 0.15) is 11.9 Å². The number of aromatic amines is 1. The van der Waals surface area contributed by atoms with Crippen LogP contribution in [0.5, 0.6) is 5.75 Å². The number of ether oxygens (including phenoxy) is 1. The highest BCUT2D eigenvalue weighted by atomic mass is 19.3. The van der Waals surface area contributed by atoms with Crippen molar-refractivity contribution in [3.63, 3.8) is 0 Å². The minimum Gasteiger partial charge on any atom is -0.490 e. The van der Waals surface area contributed by atoms with E-state index in [1.807, 2.05) is 29.2 Å². The third kappa shape index (κ3) is 3.65. The van der Waals surface area contributed by atoms with E-state index in [-0.39, 0.29) is 18.2 Å². The predicted molar refractivity (Wildman–Crippen MR) is 98.7 cm³/mol. The van der Waals surface area contributed by atoms with Crippen LogP contribution in [-0.2, 0) is 6.54 Å². The summed E-state index contributed by atoms with van der Waals surface area (Å²) in [4.78, 5) is 20.6. The van der Waals surface area contributed by atoms with Crippen LogP contribution >= 0.6 is 0 Å². The van der Waals surface area contributed by atoms with Crippen molar-refractivity contribution < 1.29 is 13.5 Å². The predicted octanol–water partition coefficient (Wildman–Crippen LogP) is 3.04. The molecule has 0 saturated carbocycles. The van der Waals surface area contributed by atoms with Crippen LogP contribution in [0.2, 0.25) is 0 Å². The van der Waals surface area contributed by atoms with Gasteiger partial charge in [0.15, 0.2) is 5.82 Å². The summed E-state index contributed by atoms with van der Waals surface area (Å²) in [7, 11) is 0. The van der Waals surface area contributed by atoms with Crippen molar-refractivity contribution in [3.05, 3.63) is 53.2 Å². The molecule has 27 heavy (non-hydrogen) atoms. The van der Waals surface area contributed by atoms with Gasteiger partial charge in [-0.1, -0.05) is 6.07 Å². The minimum absolute atomic E-state index is 0.00749. The van der Waals surface area contributed by atoms with Crippen molar-refractivity contribution in [1.29, 1.82) is 0 Å². The van der Waals surface area contributed by atoms with Crippen molar-refractivity contribution in [3.8, 4) is 5.75 Å². The third-order valence-electron chi connectivity index (χ3n) is 4.83. The number of hydrogen-bond acceptors (Lipinski definition) is 4. The standard InChI is InChI=1S/C19H20F2N4O2/c20-17(21)12-25-11-6-14-15(25)2-1-3-16(14)27-13-4-9-24(10-5-13)18-19(26)23-8-7-22-18/h1-3,6-8,11,13,17H,4-5,9-10,12H2,(H,23,26). The molecule has 1 N–H and O–H groups in total. The third-order valence-corrected chi connectivity index (χ3v) is 4.83. The van der Waals surface area contributed by atoms with Crippen LogP contribution in [0.3, 0.4) is 0 Å². The lowest BCUT2D eigenvalue weighted by atomic mass is 10.1. The van der Waals surface area contributed by atoms with Crippen LogP contribution in [0.25, 0.3) is 10.9 Å². The molecule has 0 radical (unpaired) electrons. The quantitative estimate of drug-likeness (QED) is 0.746. The highest BCUT2D eigenvalue weighted by molar-refractivity contribution is 5.86. The molecule has 1 aliphatic rings. The van der Waals surface area contributed by atoms with Crippen molar-refractivity contribution in [2.75, 3.05) is 18.0 Å². The Morgan fingerprint density at radius 2 is 2.07 bits per heavy atom. The molecule has 2 aromatic heterocycles. The van der Waals surface area contributed by atoms with E-state index in [4.69, 9.17) is 4.74 Å². The SMILES string of the molecule is O=c1[nH]ccnc1N1CCC(Oc2cccc3c2ccn3CC(F)F)CC1. The molecule has 3 heterocycles. The van der Waals surface area contributed by atoms with Crippen molar-refractivity contribution in [2.24, 2.45) is 0 Å². The molecular weight excluding hydrogens is 354 g/mol. The summed E-state index contributed by atoms with van der Waals surface area (Å²) in [6, 6.07) is 7.32. The molecule has 0 unspecified atom stereocenters. The zero-order valence-corrected chi connectivity index (χ0v) is 14.6. The van der Waals surface area contributed by atoms with Gasteiger partial charge in [-0.25, -0.2) is 13.8 Å². The summed E-state index contributed by atoms with van der Waals surface area (Å²) in [5, 5.41) is 0.835. The van der Waals surface area contributed by atoms with Gasteiger partial charge in [0.25, 0.3) is 12.0 Å². The number of halogens is 2. The molecule has 0 atom stereocenters.